The smallest absolute Gasteiger partial charge is 0.338 e. The fourth-order valence-electron chi connectivity index (χ4n) is 3.61. The number of aromatic nitrogens is 3. The molecule has 144 valence electrons. The Balaban J connectivity index is 1.49. The van der Waals surface area contributed by atoms with Crippen molar-refractivity contribution in [1.29, 1.82) is 0 Å². The lowest BCUT2D eigenvalue weighted by atomic mass is 10.0. The van der Waals surface area contributed by atoms with Gasteiger partial charge in [0.25, 0.3) is 5.91 Å². The van der Waals surface area contributed by atoms with E-state index in [1.165, 1.54) is 24.5 Å². The summed E-state index contributed by atoms with van der Waals surface area (Å²) in [5.74, 6) is -1.45. The van der Waals surface area contributed by atoms with E-state index in [2.05, 4.69) is 10.1 Å². The third-order valence-electron chi connectivity index (χ3n) is 5.17. The van der Waals surface area contributed by atoms with Crippen molar-refractivity contribution in [3.05, 3.63) is 59.3 Å². The summed E-state index contributed by atoms with van der Waals surface area (Å²) in [5.41, 5.74) is 1.78. The first kappa shape index (κ1) is 18.1. The minimum absolute atomic E-state index is 0.0657. The highest BCUT2D eigenvalue weighted by Gasteiger charge is 2.26. The predicted molar refractivity (Wildman–Crippen MR) is 99.8 cm³/mol. The van der Waals surface area contributed by atoms with Crippen molar-refractivity contribution >= 4 is 22.8 Å². The molecular formula is C20H19FN4O3. The van der Waals surface area contributed by atoms with Crippen molar-refractivity contribution in [3.63, 3.8) is 0 Å². The molecule has 0 bridgehead atoms. The lowest BCUT2D eigenvalue weighted by Gasteiger charge is -2.32. The molecule has 1 aliphatic heterocycles. The van der Waals surface area contributed by atoms with Gasteiger partial charge >= 0.3 is 5.97 Å². The van der Waals surface area contributed by atoms with E-state index in [0.717, 1.165) is 5.39 Å². The summed E-state index contributed by atoms with van der Waals surface area (Å²) in [6.45, 7) is 2.85. The number of carboxylic acid groups (broad SMARTS) is 1. The van der Waals surface area contributed by atoms with Crippen molar-refractivity contribution in [3.8, 4) is 0 Å². The fraction of sp³-hybridized carbons (Fsp3) is 0.300. The summed E-state index contributed by atoms with van der Waals surface area (Å²) < 4.78 is 15.1. The number of fused-ring (bicyclic) bond motifs is 1. The van der Waals surface area contributed by atoms with E-state index in [-0.39, 0.29) is 23.3 Å². The van der Waals surface area contributed by atoms with E-state index >= 15 is 0 Å². The van der Waals surface area contributed by atoms with Gasteiger partial charge in [-0.2, -0.15) is 5.10 Å². The number of hydrogen-bond acceptors (Lipinski definition) is 4. The number of nitrogens with zero attached hydrogens (tertiary/aromatic N) is 4. The Kier molecular flexibility index (Phi) is 4.54. The second kappa shape index (κ2) is 7.03. The zero-order valence-electron chi connectivity index (χ0n) is 15.3. The fourth-order valence-corrected chi connectivity index (χ4v) is 3.61. The summed E-state index contributed by atoms with van der Waals surface area (Å²) in [4.78, 5) is 30.1. The van der Waals surface area contributed by atoms with Gasteiger partial charge in [-0.3, -0.25) is 14.5 Å². The molecule has 3 aromatic rings. The molecule has 1 amide bonds. The maximum absolute atomic E-state index is 13.4. The summed E-state index contributed by atoms with van der Waals surface area (Å²) in [6, 6.07) is 6.17. The largest absolute Gasteiger partial charge is 0.478 e. The van der Waals surface area contributed by atoms with Gasteiger partial charge in [0, 0.05) is 30.7 Å². The zero-order valence-corrected chi connectivity index (χ0v) is 15.3. The molecule has 1 saturated heterocycles. The Morgan fingerprint density at radius 3 is 2.64 bits per heavy atom. The predicted octanol–water partition coefficient (Wildman–Crippen LogP) is 3.05. The van der Waals surface area contributed by atoms with Crippen LogP contribution in [0.25, 0.3) is 10.9 Å². The first-order chi connectivity index (χ1) is 13.4. The molecule has 0 radical (unpaired) electrons. The van der Waals surface area contributed by atoms with Crippen LogP contribution in [0.4, 0.5) is 4.39 Å². The van der Waals surface area contributed by atoms with Gasteiger partial charge in [0.05, 0.1) is 34.6 Å². The zero-order chi connectivity index (χ0) is 19.8. The molecule has 1 aromatic carbocycles. The third kappa shape index (κ3) is 3.33. The van der Waals surface area contributed by atoms with Crippen molar-refractivity contribution in [2.75, 3.05) is 13.1 Å². The van der Waals surface area contributed by atoms with Crippen LogP contribution in [0.15, 0.2) is 36.7 Å². The first-order valence-electron chi connectivity index (χ1n) is 9.06. The first-order valence-corrected chi connectivity index (χ1v) is 9.06. The van der Waals surface area contributed by atoms with Crippen molar-refractivity contribution < 1.29 is 19.1 Å². The molecule has 1 aliphatic rings. The Hall–Kier alpha value is -3.29. The molecule has 8 heteroatoms. The van der Waals surface area contributed by atoms with Crippen LogP contribution in [-0.4, -0.2) is 49.7 Å². The summed E-state index contributed by atoms with van der Waals surface area (Å²) >= 11 is 0. The van der Waals surface area contributed by atoms with Gasteiger partial charge in [0.15, 0.2) is 0 Å². The number of amides is 1. The van der Waals surface area contributed by atoms with Gasteiger partial charge in [0.2, 0.25) is 0 Å². The van der Waals surface area contributed by atoms with Crippen LogP contribution in [0.1, 0.15) is 45.3 Å². The molecule has 1 N–H and O–H groups in total. The molecule has 1 fully saturated rings. The molecule has 0 aliphatic carbocycles. The highest BCUT2D eigenvalue weighted by molar-refractivity contribution is 5.98. The Morgan fingerprint density at radius 2 is 1.96 bits per heavy atom. The van der Waals surface area contributed by atoms with Crippen molar-refractivity contribution in [2.24, 2.45) is 0 Å². The molecule has 0 spiro atoms. The van der Waals surface area contributed by atoms with Crippen LogP contribution in [0.2, 0.25) is 0 Å². The molecular weight excluding hydrogens is 363 g/mol. The second-order valence-electron chi connectivity index (χ2n) is 7.00. The third-order valence-corrected chi connectivity index (χ3v) is 5.17. The summed E-state index contributed by atoms with van der Waals surface area (Å²) in [5, 5.41) is 13.9. The number of halogens is 1. The topological polar surface area (TPSA) is 88.3 Å². The van der Waals surface area contributed by atoms with E-state index in [1.54, 1.807) is 28.6 Å². The molecule has 0 unspecified atom stereocenters. The molecule has 7 nitrogen and oxygen atoms in total. The van der Waals surface area contributed by atoms with Crippen molar-refractivity contribution in [1.82, 2.24) is 19.7 Å². The van der Waals surface area contributed by atoms with Crippen LogP contribution < -0.4 is 0 Å². The minimum Gasteiger partial charge on any atom is -0.478 e. The van der Waals surface area contributed by atoms with Gasteiger partial charge in [-0.15, -0.1) is 0 Å². The van der Waals surface area contributed by atoms with Gasteiger partial charge in [-0.25, -0.2) is 9.18 Å². The quantitative estimate of drug-likeness (QED) is 0.752. The van der Waals surface area contributed by atoms with Crippen LogP contribution in [-0.2, 0) is 0 Å². The molecule has 0 atom stereocenters. The van der Waals surface area contributed by atoms with Gasteiger partial charge in [-0.05, 0) is 38.0 Å². The number of carboxylic acids is 1. The second-order valence-corrected chi connectivity index (χ2v) is 7.00. The lowest BCUT2D eigenvalue weighted by molar-refractivity contribution is 0.0687. The van der Waals surface area contributed by atoms with Crippen LogP contribution >= 0.6 is 0 Å². The minimum atomic E-state index is -1.00. The number of likely N-dealkylation sites (tertiary alicyclic amines) is 1. The van der Waals surface area contributed by atoms with E-state index in [0.29, 0.717) is 42.7 Å². The highest BCUT2D eigenvalue weighted by Crippen LogP contribution is 2.25. The average molecular weight is 382 g/mol. The number of carbonyl (C=O) groups excluding carboxylic acids is 1. The Morgan fingerprint density at radius 1 is 1.21 bits per heavy atom. The number of carbonyl (C=O) groups is 2. The molecule has 2 aromatic heterocycles. The van der Waals surface area contributed by atoms with E-state index in [9.17, 15) is 14.0 Å². The van der Waals surface area contributed by atoms with E-state index < -0.39 is 5.97 Å². The maximum Gasteiger partial charge on any atom is 0.338 e. The molecule has 4 rings (SSSR count). The number of benzene rings is 1. The lowest BCUT2D eigenvalue weighted by Crippen LogP contribution is -2.39. The van der Waals surface area contributed by atoms with E-state index in [4.69, 9.17) is 5.11 Å². The van der Waals surface area contributed by atoms with Crippen LogP contribution in [0.5, 0.6) is 0 Å². The highest BCUT2D eigenvalue weighted by atomic mass is 19.1. The summed E-state index contributed by atoms with van der Waals surface area (Å²) in [7, 11) is 0. The van der Waals surface area contributed by atoms with Crippen LogP contribution in [0, 0.1) is 12.7 Å². The van der Waals surface area contributed by atoms with Gasteiger partial charge in [0.1, 0.15) is 5.82 Å². The average Bonchev–Trinajstić information content (AvgIpc) is 3.17. The number of piperidine rings is 1. The maximum atomic E-state index is 13.4. The number of aryl methyl sites for hydroxylation is 1. The van der Waals surface area contributed by atoms with Gasteiger partial charge < -0.3 is 10.0 Å². The summed E-state index contributed by atoms with van der Waals surface area (Å²) in [6.07, 6.45) is 4.25. The standard InChI is InChI=1S/C20H19FN4O3/c1-12-17(8-13-2-3-15(21)9-18(13)23-12)19(26)24-6-4-16(5-7-24)25-11-14(10-22-25)20(27)28/h2-3,8-11,16H,4-7H2,1H3,(H,27,28). The molecule has 0 saturated carbocycles. The van der Waals surface area contributed by atoms with Crippen LogP contribution in [0.3, 0.4) is 0 Å². The van der Waals surface area contributed by atoms with Gasteiger partial charge in [-0.1, -0.05) is 0 Å². The van der Waals surface area contributed by atoms with Crippen molar-refractivity contribution in [2.45, 2.75) is 25.8 Å². The SMILES string of the molecule is Cc1nc2cc(F)ccc2cc1C(=O)N1CCC(n2cc(C(=O)O)cn2)CC1. The monoisotopic (exact) mass is 382 g/mol. The molecule has 3 heterocycles. The number of rotatable bonds is 3. The van der Waals surface area contributed by atoms with E-state index in [1.807, 2.05) is 0 Å². The number of aromatic carboxylic acids is 1. The number of pyridine rings is 1. The Labute approximate surface area is 160 Å². The Bertz CT molecular complexity index is 1070. The molecule has 28 heavy (non-hydrogen) atoms. The normalized spacial score (nSPS) is 15.1. The number of hydrogen-bond donors (Lipinski definition) is 1.